The third kappa shape index (κ3) is 21.9. The third-order valence-corrected chi connectivity index (χ3v) is 9.31. The van der Waals surface area contributed by atoms with E-state index in [1.807, 2.05) is 45.9 Å². The van der Waals surface area contributed by atoms with Crippen LogP contribution in [0.25, 0.3) is 0 Å². The molecule has 0 saturated carbocycles. The maximum absolute atomic E-state index is 13.0. The molecule has 1 N–H and O–H groups in total. The molecule has 10 nitrogen and oxygen atoms in total. The van der Waals surface area contributed by atoms with Gasteiger partial charge in [0.2, 0.25) is 11.8 Å². The van der Waals surface area contributed by atoms with Gasteiger partial charge in [-0.3, -0.25) is 9.59 Å². The number of nitrogens with zero attached hydrogens (tertiary/aromatic N) is 2. The molecule has 0 aromatic heterocycles. The first-order valence-electron chi connectivity index (χ1n) is 17.9. The fourth-order valence-electron chi connectivity index (χ4n) is 4.65. The molecule has 0 unspecified atom stereocenters. The van der Waals surface area contributed by atoms with E-state index in [2.05, 4.69) is 43.4 Å². The fraction of sp³-hybridized carbons (Fsp3) is 0.632. The van der Waals surface area contributed by atoms with Crippen molar-refractivity contribution in [3.8, 4) is 0 Å². The monoisotopic (exact) mass is 738 g/mol. The minimum atomic E-state index is -0.714. The molecule has 0 bridgehead atoms. The van der Waals surface area contributed by atoms with Crippen molar-refractivity contribution in [1.29, 1.82) is 0 Å². The summed E-state index contributed by atoms with van der Waals surface area (Å²) in [5, 5.41) is 8.73. The molecular formula is C38H62N2O8S2. The Hall–Kier alpha value is -2.16. The molecule has 0 spiro atoms. The Bertz CT molecular complexity index is 1070. The number of thioether (sulfide) groups is 2. The molecule has 1 rings (SSSR count). The number of allylic oxidation sites excluding steroid dienone is 10. The third-order valence-electron chi connectivity index (χ3n) is 7.37. The van der Waals surface area contributed by atoms with Crippen LogP contribution in [-0.2, 0) is 33.3 Å². The summed E-state index contributed by atoms with van der Waals surface area (Å²) < 4.78 is 27.9. The second-order valence-electron chi connectivity index (χ2n) is 11.0. The Morgan fingerprint density at radius 3 is 1.64 bits per heavy atom. The predicted molar refractivity (Wildman–Crippen MR) is 207 cm³/mol. The van der Waals surface area contributed by atoms with Crippen LogP contribution in [0.2, 0.25) is 0 Å². The number of ether oxygens (including phenoxy) is 5. The minimum Gasteiger partial charge on any atom is -0.394 e. The van der Waals surface area contributed by atoms with Crippen molar-refractivity contribution < 1.29 is 38.4 Å². The maximum atomic E-state index is 13.0. The van der Waals surface area contributed by atoms with Crippen LogP contribution in [0.15, 0.2) is 70.1 Å². The highest BCUT2D eigenvalue weighted by molar-refractivity contribution is 8.03. The number of rotatable bonds is 28. The molecule has 0 aromatic rings. The number of carbonyl (C=O) groups is 2. The van der Waals surface area contributed by atoms with Gasteiger partial charge in [-0.1, -0.05) is 36.0 Å². The first-order chi connectivity index (χ1) is 24.4. The standard InChI is InChI=1S/C38H62N2O8S2/c1-6-39(7-2)37(42)36(38(43)40(8-3)9-4)18-20-44-22-24-46-25-27-48-28-30-49-34-15-11-10-12-16-35(32-33(5)14-13-17-34)50-31-29-47-26-23-45-21-19-41/h10-17,32,36,41H,6-9,18-31H2,1-5H3/b11-10?,12-10-,14-13-,15-11?,16-12?,17-13?,33-14?,33-32-,34-15?,34-17?,35-16+,35-32?. The van der Waals surface area contributed by atoms with Crippen LogP contribution in [0.4, 0.5) is 0 Å². The number of aliphatic hydroxyl groups is 1. The molecule has 0 fully saturated rings. The quantitative estimate of drug-likeness (QED) is 0.0798. The Balaban J connectivity index is 2.31. The highest BCUT2D eigenvalue weighted by atomic mass is 32.2. The molecular weight excluding hydrogens is 677 g/mol. The zero-order chi connectivity index (χ0) is 36.7. The van der Waals surface area contributed by atoms with Crippen molar-refractivity contribution in [3.05, 3.63) is 70.1 Å². The van der Waals surface area contributed by atoms with E-state index in [1.54, 1.807) is 33.3 Å². The zero-order valence-corrected chi connectivity index (χ0v) is 32.7. The summed E-state index contributed by atoms with van der Waals surface area (Å²) in [4.78, 5) is 31.8. The second-order valence-corrected chi connectivity index (χ2v) is 13.3. The van der Waals surface area contributed by atoms with Crippen LogP contribution in [0, 0.1) is 5.92 Å². The lowest BCUT2D eigenvalue weighted by atomic mass is 10.0. The Labute approximate surface area is 310 Å². The van der Waals surface area contributed by atoms with Gasteiger partial charge in [0.15, 0.2) is 0 Å². The van der Waals surface area contributed by atoms with Gasteiger partial charge in [0.1, 0.15) is 5.92 Å². The van der Waals surface area contributed by atoms with Gasteiger partial charge in [-0.05, 0) is 65.3 Å². The summed E-state index contributed by atoms with van der Waals surface area (Å²) in [6.07, 6.45) is 19.2. The van der Waals surface area contributed by atoms with Gasteiger partial charge in [0.25, 0.3) is 0 Å². The summed E-state index contributed by atoms with van der Waals surface area (Å²) >= 11 is 3.49. The molecule has 0 aliphatic heterocycles. The molecule has 0 aromatic carbocycles. The number of carbonyl (C=O) groups excluding carboxylic acids is 2. The number of aliphatic hydroxyl groups excluding tert-OH is 1. The van der Waals surface area contributed by atoms with Gasteiger partial charge in [0, 0.05) is 54.1 Å². The molecule has 0 heterocycles. The molecule has 0 radical (unpaired) electrons. The van der Waals surface area contributed by atoms with E-state index in [4.69, 9.17) is 28.8 Å². The topological polar surface area (TPSA) is 107 Å². The summed E-state index contributed by atoms with van der Waals surface area (Å²) in [6, 6.07) is 0. The maximum Gasteiger partial charge on any atom is 0.235 e. The summed E-state index contributed by atoms with van der Waals surface area (Å²) in [6.45, 7) is 16.9. The van der Waals surface area contributed by atoms with Gasteiger partial charge in [-0.25, -0.2) is 0 Å². The van der Waals surface area contributed by atoms with Crippen molar-refractivity contribution in [2.75, 3.05) is 110 Å². The number of hydrogen-bond donors (Lipinski definition) is 1. The van der Waals surface area contributed by atoms with E-state index >= 15 is 0 Å². The normalized spacial score (nSPS) is 16.8. The summed E-state index contributed by atoms with van der Waals surface area (Å²) in [5.41, 5.74) is 1.16. The van der Waals surface area contributed by atoms with E-state index in [0.717, 1.165) is 22.0 Å². The fourth-order valence-corrected chi connectivity index (χ4v) is 6.32. The van der Waals surface area contributed by atoms with E-state index in [0.29, 0.717) is 98.7 Å². The second kappa shape index (κ2) is 31.6. The zero-order valence-electron chi connectivity index (χ0n) is 31.0. The number of amides is 2. The molecule has 12 heteroatoms. The van der Waals surface area contributed by atoms with Crippen LogP contribution in [-0.4, -0.2) is 137 Å². The lowest BCUT2D eigenvalue weighted by molar-refractivity contribution is -0.148. The van der Waals surface area contributed by atoms with E-state index in [-0.39, 0.29) is 18.4 Å². The molecule has 1 aliphatic carbocycles. The van der Waals surface area contributed by atoms with Crippen LogP contribution in [0.5, 0.6) is 0 Å². The van der Waals surface area contributed by atoms with Crippen molar-refractivity contribution in [2.45, 2.75) is 41.0 Å². The van der Waals surface area contributed by atoms with Crippen molar-refractivity contribution in [3.63, 3.8) is 0 Å². The predicted octanol–water partition coefficient (Wildman–Crippen LogP) is 5.67. The Kier molecular flexibility index (Phi) is 29.0. The SMILES string of the molecule is CCN(CC)C(=O)C(CCOCCOCCOCCSC1=C\C=C/C(C)=C\C(SCCOCCOCCO)=C/C=C\C=C1)C(=O)N(CC)CC. The van der Waals surface area contributed by atoms with Gasteiger partial charge in [-0.2, -0.15) is 0 Å². The van der Waals surface area contributed by atoms with Crippen molar-refractivity contribution >= 4 is 35.3 Å². The average molecular weight is 739 g/mol. The Morgan fingerprint density at radius 2 is 1.10 bits per heavy atom. The molecule has 1 aliphatic rings. The van der Waals surface area contributed by atoms with Crippen molar-refractivity contribution in [1.82, 2.24) is 9.80 Å². The van der Waals surface area contributed by atoms with Gasteiger partial charge < -0.3 is 38.6 Å². The smallest absolute Gasteiger partial charge is 0.235 e. The van der Waals surface area contributed by atoms with Crippen LogP contribution in [0.1, 0.15) is 41.0 Å². The largest absolute Gasteiger partial charge is 0.394 e. The van der Waals surface area contributed by atoms with Gasteiger partial charge >= 0.3 is 0 Å². The van der Waals surface area contributed by atoms with Gasteiger partial charge in [-0.15, -0.1) is 23.5 Å². The number of hydrogen-bond acceptors (Lipinski definition) is 10. The lowest BCUT2D eigenvalue weighted by Crippen LogP contribution is -2.45. The lowest BCUT2D eigenvalue weighted by Gasteiger charge is -2.28. The average Bonchev–Trinajstić information content (AvgIpc) is 3.11. The first kappa shape index (κ1) is 45.9. The highest BCUT2D eigenvalue weighted by Crippen LogP contribution is 2.21. The molecule has 50 heavy (non-hydrogen) atoms. The molecule has 0 saturated heterocycles. The van der Waals surface area contributed by atoms with Gasteiger partial charge in [0.05, 0.1) is 66.1 Å². The minimum absolute atomic E-state index is 0.0321. The van der Waals surface area contributed by atoms with Crippen LogP contribution >= 0.6 is 23.5 Å². The van der Waals surface area contributed by atoms with Crippen LogP contribution < -0.4 is 0 Å². The molecule has 2 amide bonds. The van der Waals surface area contributed by atoms with E-state index in [9.17, 15) is 9.59 Å². The first-order valence-corrected chi connectivity index (χ1v) is 19.8. The van der Waals surface area contributed by atoms with E-state index < -0.39 is 5.92 Å². The Morgan fingerprint density at radius 1 is 0.620 bits per heavy atom. The highest BCUT2D eigenvalue weighted by Gasteiger charge is 2.31. The molecule has 0 atom stereocenters. The summed E-state index contributed by atoms with van der Waals surface area (Å²) in [7, 11) is 0. The summed E-state index contributed by atoms with van der Waals surface area (Å²) in [5.74, 6) is 0.701. The van der Waals surface area contributed by atoms with Crippen molar-refractivity contribution in [2.24, 2.45) is 5.92 Å². The van der Waals surface area contributed by atoms with Crippen LogP contribution in [0.3, 0.4) is 0 Å². The molecule has 284 valence electrons. The van der Waals surface area contributed by atoms with E-state index in [1.165, 1.54) is 4.91 Å².